The Morgan fingerprint density at radius 2 is 2.11 bits per heavy atom. The molecular weight excluding hydrogens is 228 g/mol. The molecule has 4 nitrogen and oxygen atoms in total. The van der Waals surface area contributed by atoms with Gasteiger partial charge in [-0.25, -0.2) is 0 Å². The molecule has 0 aliphatic heterocycles. The molecule has 0 heterocycles. The Kier molecular flexibility index (Phi) is 4.10. The first-order chi connectivity index (χ1) is 8.65. The van der Waals surface area contributed by atoms with E-state index in [1.54, 1.807) is 24.3 Å². The molecule has 1 saturated carbocycles. The summed E-state index contributed by atoms with van der Waals surface area (Å²) in [5.74, 6) is -0.0228. The number of Topliss-reactive ketones (excluding diaryl/α,β-unsaturated/α-hetero) is 1. The van der Waals surface area contributed by atoms with Gasteiger partial charge in [-0.2, -0.15) is 0 Å². The summed E-state index contributed by atoms with van der Waals surface area (Å²) < 4.78 is 0. The van der Waals surface area contributed by atoms with Gasteiger partial charge in [0.2, 0.25) is 5.91 Å². The van der Waals surface area contributed by atoms with Gasteiger partial charge < -0.3 is 10.6 Å². The van der Waals surface area contributed by atoms with Crippen LogP contribution in [0.3, 0.4) is 0 Å². The standard InChI is InChI=1S/C14H18N2O2/c1-10(17)11-3-2-4-13(9-11)16-14(18)7-8-15-12-5-6-12/h2-4,9,12,15H,5-8H2,1H3,(H,16,18). The topological polar surface area (TPSA) is 58.2 Å². The minimum atomic E-state index is -0.0242. The third kappa shape index (κ3) is 3.96. The Labute approximate surface area is 107 Å². The van der Waals surface area contributed by atoms with E-state index in [0.717, 1.165) is 0 Å². The molecular formula is C14H18N2O2. The van der Waals surface area contributed by atoms with E-state index in [-0.39, 0.29) is 11.7 Å². The van der Waals surface area contributed by atoms with E-state index in [0.29, 0.717) is 30.3 Å². The van der Waals surface area contributed by atoms with Crippen LogP contribution in [0.15, 0.2) is 24.3 Å². The molecule has 1 fully saturated rings. The molecule has 1 aliphatic rings. The lowest BCUT2D eigenvalue weighted by molar-refractivity contribution is -0.116. The molecule has 1 aromatic carbocycles. The predicted octanol–water partition coefficient (Wildman–Crippen LogP) is 1.97. The molecule has 0 aromatic heterocycles. The highest BCUT2D eigenvalue weighted by Crippen LogP contribution is 2.18. The average molecular weight is 246 g/mol. The molecule has 0 saturated heterocycles. The number of amides is 1. The summed E-state index contributed by atoms with van der Waals surface area (Å²) in [4.78, 5) is 22.9. The van der Waals surface area contributed by atoms with Gasteiger partial charge in [-0.05, 0) is 31.9 Å². The van der Waals surface area contributed by atoms with Crippen molar-refractivity contribution < 1.29 is 9.59 Å². The van der Waals surface area contributed by atoms with Crippen LogP contribution in [0.5, 0.6) is 0 Å². The SMILES string of the molecule is CC(=O)c1cccc(NC(=O)CCNC2CC2)c1. The number of hydrogen-bond acceptors (Lipinski definition) is 3. The van der Waals surface area contributed by atoms with Gasteiger partial charge in [0.05, 0.1) is 0 Å². The number of benzene rings is 1. The third-order valence-corrected chi connectivity index (χ3v) is 2.92. The van der Waals surface area contributed by atoms with Crippen LogP contribution < -0.4 is 10.6 Å². The number of carbonyl (C=O) groups excluding carboxylic acids is 2. The summed E-state index contributed by atoms with van der Waals surface area (Å²) in [6.45, 7) is 2.23. The van der Waals surface area contributed by atoms with Crippen LogP contribution in [0.2, 0.25) is 0 Å². The highest BCUT2D eigenvalue weighted by Gasteiger charge is 2.20. The highest BCUT2D eigenvalue weighted by atomic mass is 16.1. The normalized spacial score (nSPS) is 14.3. The molecule has 2 rings (SSSR count). The van der Waals surface area contributed by atoms with E-state index in [1.165, 1.54) is 19.8 Å². The number of rotatable bonds is 6. The second kappa shape index (κ2) is 5.78. The van der Waals surface area contributed by atoms with Crippen molar-refractivity contribution in [3.05, 3.63) is 29.8 Å². The second-order valence-corrected chi connectivity index (χ2v) is 4.66. The Morgan fingerprint density at radius 3 is 2.78 bits per heavy atom. The lowest BCUT2D eigenvalue weighted by atomic mass is 10.1. The van der Waals surface area contributed by atoms with E-state index >= 15 is 0 Å². The van der Waals surface area contributed by atoms with Crippen LogP contribution in [-0.2, 0) is 4.79 Å². The maximum atomic E-state index is 11.7. The smallest absolute Gasteiger partial charge is 0.225 e. The summed E-state index contributed by atoms with van der Waals surface area (Å²) in [6.07, 6.45) is 2.91. The quantitative estimate of drug-likeness (QED) is 0.754. The molecule has 1 amide bonds. The number of ketones is 1. The van der Waals surface area contributed by atoms with Crippen LogP contribution in [0.25, 0.3) is 0 Å². The molecule has 0 unspecified atom stereocenters. The predicted molar refractivity (Wildman–Crippen MR) is 70.7 cm³/mol. The molecule has 1 aliphatic carbocycles. The number of anilines is 1. The van der Waals surface area contributed by atoms with Gasteiger partial charge in [0.1, 0.15) is 0 Å². The van der Waals surface area contributed by atoms with Gasteiger partial charge in [-0.1, -0.05) is 12.1 Å². The maximum absolute atomic E-state index is 11.7. The van der Waals surface area contributed by atoms with E-state index < -0.39 is 0 Å². The van der Waals surface area contributed by atoms with E-state index in [1.807, 2.05) is 0 Å². The van der Waals surface area contributed by atoms with Crippen LogP contribution in [0.4, 0.5) is 5.69 Å². The molecule has 0 radical (unpaired) electrons. The highest BCUT2D eigenvalue weighted by molar-refractivity contribution is 5.97. The number of hydrogen-bond donors (Lipinski definition) is 2. The van der Waals surface area contributed by atoms with Crippen molar-refractivity contribution in [3.8, 4) is 0 Å². The third-order valence-electron chi connectivity index (χ3n) is 2.92. The summed E-state index contributed by atoms with van der Waals surface area (Å²) in [6, 6.07) is 7.63. The Hall–Kier alpha value is -1.68. The fraction of sp³-hybridized carbons (Fsp3) is 0.429. The fourth-order valence-electron chi connectivity index (χ4n) is 1.72. The van der Waals surface area contributed by atoms with Crippen LogP contribution >= 0.6 is 0 Å². The monoisotopic (exact) mass is 246 g/mol. The molecule has 18 heavy (non-hydrogen) atoms. The largest absolute Gasteiger partial charge is 0.326 e. The molecule has 0 bridgehead atoms. The van der Waals surface area contributed by atoms with Crippen LogP contribution in [-0.4, -0.2) is 24.3 Å². The van der Waals surface area contributed by atoms with Crippen molar-refractivity contribution in [3.63, 3.8) is 0 Å². The molecule has 2 N–H and O–H groups in total. The lowest BCUT2D eigenvalue weighted by Gasteiger charge is -2.06. The summed E-state index contributed by atoms with van der Waals surface area (Å²) in [7, 11) is 0. The lowest BCUT2D eigenvalue weighted by Crippen LogP contribution is -2.23. The fourth-order valence-corrected chi connectivity index (χ4v) is 1.72. The van der Waals surface area contributed by atoms with Gasteiger partial charge >= 0.3 is 0 Å². The van der Waals surface area contributed by atoms with Crippen LogP contribution in [0.1, 0.15) is 36.5 Å². The number of carbonyl (C=O) groups is 2. The van der Waals surface area contributed by atoms with E-state index in [2.05, 4.69) is 10.6 Å². The second-order valence-electron chi connectivity index (χ2n) is 4.66. The zero-order valence-electron chi connectivity index (χ0n) is 10.5. The first-order valence-electron chi connectivity index (χ1n) is 6.29. The summed E-state index contributed by atoms with van der Waals surface area (Å²) >= 11 is 0. The van der Waals surface area contributed by atoms with Gasteiger partial charge in [0, 0.05) is 30.3 Å². The molecule has 1 aromatic rings. The summed E-state index contributed by atoms with van der Waals surface area (Å²) in [5.41, 5.74) is 1.29. The first-order valence-corrected chi connectivity index (χ1v) is 6.29. The van der Waals surface area contributed by atoms with Gasteiger partial charge in [-0.15, -0.1) is 0 Å². The first kappa shape index (κ1) is 12.8. The van der Waals surface area contributed by atoms with Gasteiger partial charge in [0.25, 0.3) is 0 Å². The minimum Gasteiger partial charge on any atom is -0.326 e. The summed E-state index contributed by atoms with van der Waals surface area (Å²) in [5, 5.41) is 6.09. The van der Waals surface area contributed by atoms with Crippen molar-refractivity contribution >= 4 is 17.4 Å². The van der Waals surface area contributed by atoms with E-state index in [9.17, 15) is 9.59 Å². The molecule has 96 valence electrons. The zero-order chi connectivity index (χ0) is 13.0. The number of nitrogens with one attached hydrogen (secondary N) is 2. The zero-order valence-corrected chi connectivity index (χ0v) is 10.5. The average Bonchev–Trinajstić information content (AvgIpc) is 3.13. The van der Waals surface area contributed by atoms with Crippen molar-refractivity contribution in [1.82, 2.24) is 5.32 Å². The van der Waals surface area contributed by atoms with E-state index in [4.69, 9.17) is 0 Å². The Morgan fingerprint density at radius 1 is 1.33 bits per heavy atom. The Balaban J connectivity index is 1.81. The molecule has 0 spiro atoms. The minimum absolute atomic E-state index is 0.00139. The van der Waals surface area contributed by atoms with Gasteiger partial charge in [0.15, 0.2) is 5.78 Å². The molecule has 4 heteroatoms. The van der Waals surface area contributed by atoms with Gasteiger partial charge in [-0.3, -0.25) is 9.59 Å². The van der Waals surface area contributed by atoms with Crippen molar-refractivity contribution in [1.29, 1.82) is 0 Å². The van der Waals surface area contributed by atoms with Crippen molar-refractivity contribution in [2.24, 2.45) is 0 Å². The Bertz CT molecular complexity index is 453. The van der Waals surface area contributed by atoms with Crippen molar-refractivity contribution in [2.45, 2.75) is 32.2 Å². The molecule has 0 atom stereocenters. The maximum Gasteiger partial charge on any atom is 0.225 e. The van der Waals surface area contributed by atoms with Crippen molar-refractivity contribution in [2.75, 3.05) is 11.9 Å². The van der Waals surface area contributed by atoms with Crippen LogP contribution in [0, 0.1) is 0 Å².